The number of aromatic nitrogens is 1. The lowest BCUT2D eigenvalue weighted by atomic mass is 10.2. The van der Waals surface area contributed by atoms with E-state index in [-0.39, 0.29) is 18.2 Å². The van der Waals surface area contributed by atoms with Crippen LogP contribution in [0.4, 0.5) is 9.52 Å². The lowest BCUT2D eigenvalue weighted by Crippen LogP contribution is -2.16. The topological polar surface area (TPSA) is 42.2 Å². The fraction of sp³-hybridized carbons (Fsp3) is 0.250. The molecule has 0 spiro atoms. The van der Waals surface area contributed by atoms with Gasteiger partial charge < -0.3 is 5.73 Å². The van der Waals surface area contributed by atoms with Crippen molar-refractivity contribution in [2.45, 2.75) is 13.1 Å². The van der Waals surface area contributed by atoms with Crippen molar-refractivity contribution in [2.24, 2.45) is 0 Å². The largest absolute Gasteiger partial charge is 0.375 e. The van der Waals surface area contributed by atoms with Crippen LogP contribution in [0.25, 0.3) is 0 Å². The Labute approximate surface area is 116 Å². The summed E-state index contributed by atoms with van der Waals surface area (Å²) in [5.41, 5.74) is 6.53. The van der Waals surface area contributed by atoms with Gasteiger partial charge in [-0.05, 0) is 24.7 Å². The van der Waals surface area contributed by atoms with Gasteiger partial charge >= 0.3 is 0 Å². The molecule has 0 aliphatic carbocycles. The van der Waals surface area contributed by atoms with Gasteiger partial charge in [0.25, 0.3) is 0 Å². The van der Waals surface area contributed by atoms with E-state index >= 15 is 0 Å². The Kier molecular flexibility index (Phi) is 5.53. The second-order valence-electron chi connectivity index (χ2n) is 3.97. The van der Waals surface area contributed by atoms with Crippen LogP contribution in [0.1, 0.15) is 10.4 Å². The number of hydrogen-bond donors (Lipinski definition) is 1. The third kappa shape index (κ3) is 4.25. The van der Waals surface area contributed by atoms with E-state index in [2.05, 4.69) is 9.88 Å². The molecule has 0 amide bonds. The van der Waals surface area contributed by atoms with Crippen molar-refractivity contribution < 1.29 is 4.39 Å². The van der Waals surface area contributed by atoms with Crippen molar-refractivity contribution in [3.8, 4) is 0 Å². The molecule has 6 heteroatoms. The summed E-state index contributed by atoms with van der Waals surface area (Å²) in [6.07, 6.45) is 1.78. The molecule has 0 atom stereocenters. The standard InChI is InChI=1S/C12H14FN3S.ClH/c1-16(8-11-6-15-12(14)17-11)7-9-3-2-4-10(13)5-9;/h2-6H,7-8H2,1H3,(H2,14,15);1H. The molecule has 98 valence electrons. The molecule has 2 N–H and O–H groups in total. The first-order valence-corrected chi connectivity index (χ1v) is 6.08. The van der Waals surface area contributed by atoms with E-state index in [1.54, 1.807) is 18.3 Å². The van der Waals surface area contributed by atoms with E-state index in [0.717, 1.165) is 17.0 Å². The molecule has 0 unspecified atom stereocenters. The van der Waals surface area contributed by atoms with Crippen molar-refractivity contribution in [3.05, 3.63) is 46.7 Å². The molecular formula is C12H15ClFN3S. The van der Waals surface area contributed by atoms with Crippen LogP contribution < -0.4 is 5.73 Å². The number of nitrogens with zero attached hydrogens (tertiary/aromatic N) is 2. The number of thiazole rings is 1. The van der Waals surface area contributed by atoms with Gasteiger partial charge in [0, 0.05) is 24.2 Å². The molecule has 0 saturated heterocycles. The highest BCUT2D eigenvalue weighted by atomic mass is 35.5. The Morgan fingerprint density at radius 2 is 2.17 bits per heavy atom. The maximum absolute atomic E-state index is 13.0. The third-order valence-electron chi connectivity index (χ3n) is 2.34. The Balaban J connectivity index is 0.00000162. The number of halogens is 2. The molecule has 0 fully saturated rings. The van der Waals surface area contributed by atoms with E-state index in [1.165, 1.54) is 17.4 Å². The molecule has 0 radical (unpaired) electrons. The number of hydrogen-bond acceptors (Lipinski definition) is 4. The van der Waals surface area contributed by atoms with Gasteiger partial charge in [0.1, 0.15) is 5.82 Å². The van der Waals surface area contributed by atoms with Gasteiger partial charge in [-0.3, -0.25) is 4.90 Å². The van der Waals surface area contributed by atoms with Crippen LogP contribution in [0.15, 0.2) is 30.5 Å². The summed E-state index contributed by atoms with van der Waals surface area (Å²) < 4.78 is 13.0. The van der Waals surface area contributed by atoms with Gasteiger partial charge in [-0.2, -0.15) is 0 Å². The van der Waals surface area contributed by atoms with Gasteiger partial charge in [0.15, 0.2) is 5.13 Å². The number of anilines is 1. The highest BCUT2D eigenvalue weighted by Crippen LogP contribution is 2.17. The maximum atomic E-state index is 13.0. The van der Waals surface area contributed by atoms with Crippen LogP contribution in [0.5, 0.6) is 0 Å². The molecule has 0 aliphatic heterocycles. The predicted octanol–water partition coefficient (Wildman–Crippen LogP) is 2.92. The number of benzene rings is 1. The number of nitrogen functional groups attached to an aromatic ring is 1. The summed E-state index contributed by atoms with van der Waals surface area (Å²) in [6.45, 7) is 1.47. The molecule has 2 aromatic rings. The first-order chi connectivity index (χ1) is 8.13. The molecule has 1 aromatic carbocycles. The van der Waals surface area contributed by atoms with Crippen molar-refractivity contribution in [1.82, 2.24) is 9.88 Å². The highest BCUT2D eigenvalue weighted by Gasteiger charge is 2.05. The van der Waals surface area contributed by atoms with Crippen molar-refractivity contribution in [2.75, 3.05) is 12.8 Å². The SMILES string of the molecule is CN(Cc1cccc(F)c1)Cc1cnc(N)s1.Cl. The van der Waals surface area contributed by atoms with Gasteiger partial charge in [-0.25, -0.2) is 9.37 Å². The second-order valence-corrected chi connectivity index (χ2v) is 5.11. The Morgan fingerprint density at radius 3 is 2.78 bits per heavy atom. The third-order valence-corrected chi connectivity index (χ3v) is 3.15. The summed E-state index contributed by atoms with van der Waals surface area (Å²) in [6, 6.07) is 6.65. The van der Waals surface area contributed by atoms with E-state index in [0.29, 0.717) is 11.7 Å². The second kappa shape index (κ2) is 6.68. The summed E-state index contributed by atoms with van der Waals surface area (Å²) in [5, 5.41) is 0.583. The number of rotatable bonds is 4. The molecule has 1 heterocycles. The molecule has 0 saturated carbocycles. The molecule has 3 nitrogen and oxygen atoms in total. The molecule has 0 bridgehead atoms. The Morgan fingerprint density at radius 1 is 1.39 bits per heavy atom. The van der Waals surface area contributed by atoms with E-state index in [1.807, 2.05) is 13.1 Å². The highest BCUT2D eigenvalue weighted by molar-refractivity contribution is 7.15. The smallest absolute Gasteiger partial charge is 0.180 e. The van der Waals surface area contributed by atoms with Crippen molar-refractivity contribution >= 4 is 28.9 Å². The predicted molar refractivity (Wildman–Crippen MR) is 75.3 cm³/mol. The quantitative estimate of drug-likeness (QED) is 0.940. The Bertz CT molecular complexity index is 504. The minimum Gasteiger partial charge on any atom is -0.375 e. The average molecular weight is 288 g/mol. The van der Waals surface area contributed by atoms with Gasteiger partial charge in [-0.15, -0.1) is 23.7 Å². The minimum absolute atomic E-state index is 0. The first kappa shape index (κ1) is 14.9. The molecule has 2 rings (SSSR count). The van der Waals surface area contributed by atoms with Crippen LogP contribution in [0.3, 0.4) is 0 Å². The van der Waals surface area contributed by atoms with E-state index in [9.17, 15) is 4.39 Å². The monoisotopic (exact) mass is 287 g/mol. The maximum Gasteiger partial charge on any atom is 0.180 e. The van der Waals surface area contributed by atoms with Crippen LogP contribution in [-0.2, 0) is 13.1 Å². The van der Waals surface area contributed by atoms with Crippen LogP contribution in [-0.4, -0.2) is 16.9 Å². The van der Waals surface area contributed by atoms with Crippen molar-refractivity contribution in [1.29, 1.82) is 0 Å². The minimum atomic E-state index is -0.196. The van der Waals surface area contributed by atoms with E-state index < -0.39 is 0 Å². The van der Waals surface area contributed by atoms with Gasteiger partial charge in [0.05, 0.1) is 0 Å². The Hall–Kier alpha value is -1.17. The summed E-state index contributed by atoms with van der Waals surface area (Å²) in [7, 11) is 1.99. The zero-order chi connectivity index (χ0) is 12.3. The van der Waals surface area contributed by atoms with Gasteiger partial charge in [0.2, 0.25) is 0 Å². The summed E-state index contributed by atoms with van der Waals surface area (Å²) in [4.78, 5) is 7.21. The lowest BCUT2D eigenvalue weighted by Gasteiger charge is -2.15. The lowest BCUT2D eigenvalue weighted by molar-refractivity contribution is 0.321. The summed E-state index contributed by atoms with van der Waals surface area (Å²) >= 11 is 1.48. The van der Waals surface area contributed by atoms with Crippen molar-refractivity contribution in [3.63, 3.8) is 0 Å². The fourth-order valence-electron chi connectivity index (χ4n) is 1.66. The van der Waals surface area contributed by atoms with Crippen LogP contribution >= 0.6 is 23.7 Å². The zero-order valence-electron chi connectivity index (χ0n) is 9.97. The summed E-state index contributed by atoms with van der Waals surface area (Å²) in [5.74, 6) is -0.196. The normalized spacial score (nSPS) is 10.4. The first-order valence-electron chi connectivity index (χ1n) is 5.26. The molecule has 18 heavy (non-hydrogen) atoms. The van der Waals surface area contributed by atoms with E-state index in [4.69, 9.17) is 5.73 Å². The molecule has 1 aromatic heterocycles. The molecular weight excluding hydrogens is 273 g/mol. The zero-order valence-corrected chi connectivity index (χ0v) is 11.6. The molecule has 0 aliphatic rings. The fourth-order valence-corrected chi connectivity index (χ4v) is 2.43. The van der Waals surface area contributed by atoms with Crippen LogP contribution in [0.2, 0.25) is 0 Å². The average Bonchev–Trinajstić information content (AvgIpc) is 2.63. The van der Waals surface area contributed by atoms with Crippen LogP contribution in [0, 0.1) is 5.82 Å². The van der Waals surface area contributed by atoms with Gasteiger partial charge in [-0.1, -0.05) is 12.1 Å². The number of nitrogens with two attached hydrogens (primary N) is 1.